The fourth-order valence-corrected chi connectivity index (χ4v) is 9.61. The first-order valence-corrected chi connectivity index (χ1v) is 22.8. The Morgan fingerprint density at radius 3 is 1.42 bits per heavy atom. The second-order valence-corrected chi connectivity index (χ2v) is 16.9. The Hall–Kier alpha value is -8.92. The number of para-hydroxylation sites is 1. The van der Waals surface area contributed by atoms with Crippen molar-refractivity contribution in [1.82, 2.24) is 0 Å². The van der Waals surface area contributed by atoms with Crippen LogP contribution in [0.2, 0.25) is 0 Å². The Kier molecular flexibility index (Phi) is 10.2. The molecule has 1 heterocycles. The van der Waals surface area contributed by atoms with Gasteiger partial charge in [-0.2, -0.15) is 0 Å². The summed E-state index contributed by atoms with van der Waals surface area (Å²) >= 11 is 0. The molecule has 0 amide bonds. The minimum atomic E-state index is 0.798. The highest BCUT2D eigenvalue weighted by Crippen LogP contribution is 2.50. The lowest BCUT2D eigenvalue weighted by Gasteiger charge is -2.31. The first-order valence-electron chi connectivity index (χ1n) is 22.8. The van der Waals surface area contributed by atoms with E-state index in [1.54, 1.807) is 0 Å². The normalized spacial score (nSPS) is 11.3. The zero-order valence-corrected chi connectivity index (χ0v) is 36.7. The van der Waals surface area contributed by atoms with E-state index < -0.39 is 0 Å². The highest BCUT2D eigenvalue weighted by Gasteiger charge is 2.26. The van der Waals surface area contributed by atoms with Crippen LogP contribution in [0.5, 0.6) is 0 Å². The van der Waals surface area contributed by atoms with Crippen LogP contribution >= 0.6 is 0 Å². The first-order chi connectivity index (χ1) is 33.2. The molecule has 0 aliphatic carbocycles. The number of anilines is 6. The largest absolute Gasteiger partial charge is 0.455 e. The van der Waals surface area contributed by atoms with Gasteiger partial charge in [0.15, 0.2) is 0 Å². The summed E-state index contributed by atoms with van der Waals surface area (Å²) in [6.45, 7) is 0. The lowest BCUT2D eigenvalue weighted by atomic mass is 9.99. The van der Waals surface area contributed by atoms with E-state index in [4.69, 9.17) is 4.42 Å². The molecule has 0 bridgehead atoms. The third kappa shape index (κ3) is 7.49. The Morgan fingerprint density at radius 2 is 0.776 bits per heavy atom. The molecular formula is C64H44N2O. The fourth-order valence-electron chi connectivity index (χ4n) is 9.61. The zero-order chi connectivity index (χ0) is 44.5. The van der Waals surface area contributed by atoms with Crippen molar-refractivity contribution in [3.05, 3.63) is 267 Å². The van der Waals surface area contributed by atoms with E-state index in [0.717, 1.165) is 100 Å². The Morgan fingerprint density at radius 1 is 0.269 bits per heavy atom. The van der Waals surface area contributed by atoms with Crippen LogP contribution in [0.3, 0.4) is 0 Å². The average molecular weight is 857 g/mol. The summed E-state index contributed by atoms with van der Waals surface area (Å²) in [5, 5.41) is 4.31. The summed E-state index contributed by atoms with van der Waals surface area (Å²) in [6.07, 6.45) is 0. The van der Waals surface area contributed by atoms with E-state index in [2.05, 4.69) is 277 Å². The molecule has 0 saturated heterocycles. The summed E-state index contributed by atoms with van der Waals surface area (Å²) in [7, 11) is 0. The molecule has 11 aromatic carbocycles. The smallest absolute Gasteiger partial charge is 0.143 e. The maximum atomic E-state index is 7.20. The van der Waals surface area contributed by atoms with E-state index in [9.17, 15) is 0 Å². The molecule has 0 N–H and O–H groups in total. The Labute approximate surface area is 390 Å². The van der Waals surface area contributed by atoms with Crippen molar-refractivity contribution in [2.24, 2.45) is 0 Å². The summed E-state index contributed by atoms with van der Waals surface area (Å²) < 4.78 is 7.20. The Balaban J connectivity index is 1.15. The van der Waals surface area contributed by atoms with Crippen molar-refractivity contribution in [3.8, 4) is 44.5 Å². The van der Waals surface area contributed by atoms with Gasteiger partial charge in [-0.05, 0) is 98.9 Å². The molecule has 0 atom stereocenters. The quantitative estimate of drug-likeness (QED) is 0.137. The third-order valence-electron chi connectivity index (χ3n) is 12.8. The van der Waals surface area contributed by atoms with Crippen LogP contribution in [0.25, 0.3) is 77.2 Å². The van der Waals surface area contributed by atoms with E-state index >= 15 is 0 Å². The minimum Gasteiger partial charge on any atom is -0.455 e. The van der Waals surface area contributed by atoms with Gasteiger partial charge in [0.1, 0.15) is 11.2 Å². The van der Waals surface area contributed by atoms with Crippen LogP contribution in [-0.4, -0.2) is 0 Å². The number of furan rings is 1. The summed E-state index contributed by atoms with van der Waals surface area (Å²) in [5.74, 6) is 0. The number of hydrogen-bond donors (Lipinski definition) is 0. The second-order valence-electron chi connectivity index (χ2n) is 16.9. The lowest BCUT2D eigenvalue weighted by Crippen LogP contribution is -2.14. The highest BCUT2D eigenvalue weighted by atomic mass is 16.3. The number of rotatable bonds is 10. The maximum Gasteiger partial charge on any atom is 0.143 e. The van der Waals surface area contributed by atoms with Crippen LogP contribution in [-0.2, 0) is 0 Å². The predicted molar refractivity (Wildman–Crippen MR) is 282 cm³/mol. The van der Waals surface area contributed by atoms with E-state index in [-0.39, 0.29) is 0 Å². The molecule has 67 heavy (non-hydrogen) atoms. The van der Waals surface area contributed by atoms with E-state index in [0.29, 0.717) is 0 Å². The van der Waals surface area contributed by atoms with Gasteiger partial charge in [0.25, 0.3) is 0 Å². The van der Waals surface area contributed by atoms with Gasteiger partial charge < -0.3 is 14.2 Å². The van der Waals surface area contributed by atoms with Crippen molar-refractivity contribution in [2.75, 3.05) is 9.80 Å². The van der Waals surface area contributed by atoms with Gasteiger partial charge in [-0.25, -0.2) is 0 Å². The van der Waals surface area contributed by atoms with Gasteiger partial charge in [0.2, 0.25) is 0 Å². The standard InChI is InChI=1S/C64H44N2O/c1-5-18-45(19-6-1)48-32-37-53(38-33-48)65(55-28-17-27-52(42-55)47-22-9-3-10-23-47)56-43-61(63-59-41-36-51-26-13-14-30-58(51)64(59)67-62(63)44-56)66(54-39-34-49(35-40-54)46-20-7-2-8-21-46)60-31-16-15-29-57(60)50-24-11-4-12-25-50/h1-44H. The predicted octanol–water partition coefficient (Wildman–Crippen LogP) is 18.3. The van der Waals surface area contributed by atoms with Crippen molar-refractivity contribution in [1.29, 1.82) is 0 Å². The summed E-state index contributed by atoms with van der Waals surface area (Å²) in [5.41, 5.74) is 17.0. The molecule has 316 valence electrons. The number of benzene rings is 11. The first kappa shape index (κ1) is 39.7. The van der Waals surface area contributed by atoms with Gasteiger partial charge in [-0.1, -0.05) is 206 Å². The molecule has 1 aromatic heterocycles. The molecule has 12 aromatic rings. The molecule has 3 nitrogen and oxygen atoms in total. The molecular weight excluding hydrogens is 813 g/mol. The van der Waals surface area contributed by atoms with Gasteiger partial charge in [0, 0.05) is 39.5 Å². The van der Waals surface area contributed by atoms with Crippen LogP contribution in [0.1, 0.15) is 0 Å². The van der Waals surface area contributed by atoms with Crippen LogP contribution in [0.4, 0.5) is 34.1 Å². The molecule has 0 aliphatic heterocycles. The fraction of sp³-hybridized carbons (Fsp3) is 0. The second kappa shape index (κ2) is 17.2. The van der Waals surface area contributed by atoms with Gasteiger partial charge in [0.05, 0.1) is 22.4 Å². The maximum absolute atomic E-state index is 7.20. The molecule has 0 unspecified atom stereocenters. The van der Waals surface area contributed by atoms with Crippen molar-refractivity contribution in [3.63, 3.8) is 0 Å². The molecule has 0 saturated carbocycles. The molecule has 0 aliphatic rings. The monoisotopic (exact) mass is 856 g/mol. The zero-order valence-electron chi connectivity index (χ0n) is 36.7. The third-order valence-corrected chi connectivity index (χ3v) is 12.8. The van der Waals surface area contributed by atoms with Crippen LogP contribution < -0.4 is 9.80 Å². The van der Waals surface area contributed by atoms with Crippen molar-refractivity contribution in [2.45, 2.75) is 0 Å². The summed E-state index contributed by atoms with van der Waals surface area (Å²) in [6, 6.07) is 95.5. The molecule has 0 radical (unpaired) electrons. The average Bonchev–Trinajstić information content (AvgIpc) is 3.80. The van der Waals surface area contributed by atoms with Crippen LogP contribution in [0.15, 0.2) is 271 Å². The minimum absolute atomic E-state index is 0.798. The molecule has 0 fully saturated rings. The number of fused-ring (bicyclic) bond motifs is 5. The molecule has 3 heteroatoms. The van der Waals surface area contributed by atoms with Crippen LogP contribution in [0, 0.1) is 0 Å². The molecule has 0 spiro atoms. The highest BCUT2D eigenvalue weighted by molar-refractivity contribution is 6.20. The van der Waals surface area contributed by atoms with Gasteiger partial charge in [-0.3, -0.25) is 0 Å². The van der Waals surface area contributed by atoms with Crippen molar-refractivity contribution >= 4 is 66.8 Å². The van der Waals surface area contributed by atoms with E-state index in [1.807, 2.05) is 0 Å². The molecule has 12 rings (SSSR count). The summed E-state index contributed by atoms with van der Waals surface area (Å²) in [4.78, 5) is 4.80. The topological polar surface area (TPSA) is 19.6 Å². The van der Waals surface area contributed by atoms with Crippen molar-refractivity contribution < 1.29 is 4.42 Å². The van der Waals surface area contributed by atoms with Gasteiger partial charge in [-0.15, -0.1) is 0 Å². The number of nitrogens with zero attached hydrogens (tertiary/aromatic N) is 2. The Bertz CT molecular complexity index is 3660. The van der Waals surface area contributed by atoms with Gasteiger partial charge >= 0.3 is 0 Å². The van der Waals surface area contributed by atoms with E-state index in [1.165, 1.54) is 11.1 Å². The lowest BCUT2D eigenvalue weighted by molar-refractivity contribution is 0.673. The SMILES string of the molecule is c1ccc(-c2ccc(N(c3cccc(-c4ccccc4)c3)c3cc(N(c4ccc(-c5ccccc5)cc4)c4ccccc4-c4ccccc4)c4c(c3)oc3c5ccccc5ccc34)cc2)cc1. The number of hydrogen-bond acceptors (Lipinski definition) is 3.